The fraction of sp³-hybridized carbons (Fsp3) is 0.750. The third-order valence-corrected chi connectivity index (χ3v) is 5.38. The van der Waals surface area contributed by atoms with Gasteiger partial charge in [-0.3, -0.25) is 0 Å². The molecule has 1 saturated carbocycles. The van der Waals surface area contributed by atoms with Crippen molar-refractivity contribution in [2.45, 2.75) is 50.2 Å². The summed E-state index contributed by atoms with van der Waals surface area (Å²) in [4.78, 5) is 0. The summed E-state index contributed by atoms with van der Waals surface area (Å²) in [5.74, 6) is 0. The summed E-state index contributed by atoms with van der Waals surface area (Å²) in [5.41, 5.74) is 1.01. The first kappa shape index (κ1) is 13.5. The van der Waals surface area contributed by atoms with Gasteiger partial charge in [0.15, 0.2) is 0 Å². The zero-order valence-electron chi connectivity index (χ0n) is 10.5. The Morgan fingerprint density at radius 3 is 2.78 bits per heavy atom. The van der Waals surface area contributed by atoms with Gasteiger partial charge in [-0.05, 0) is 25.7 Å². The van der Waals surface area contributed by atoms with Gasteiger partial charge in [0, 0.05) is 12.1 Å². The normalized spacial score (nSPS) is 18.0. The maximum atomic E-state index is 12.0. The maximum Gasteiger partial charge on any atom is 0.214 e. The minimum atomic E-state index is -3.11. The molecule has 0 spiro atoms. The molecular formula is C12H20N2O3S. The molecule has 0 saturated heterocycles. The second-order valence-electron chi connectivity index (χ2n) is 4.84. The molecule has 2 rings (SSSR count). The summed E-state index contributed by atoms with van der Waals surface area (Å²) in [6.45, 7) is 0.490. The zero-order valence-corrected chi connectivity index (χ0v) is 11.3. The van der Waals surface area contributed by atoms with Crippen LogP contribution < -0.4 is 4.72 Å². The molecule has 6 heteroatoms. The van der Waals surface area contributed by atoms with Crippen molar-refractivity contribution in [2.75, 3.05) is 6.54 Å². The van der Waals surface area contributed by atoms with Crippen molar-refractivity contribution < 1.29 is 12.9 Å². The molecule has 1 fully saturated rings. The van der Waals surface area contributed by atoms with Gasteiger partial charge in [0.1, 0.15) is 6.26 Å². The van der Waals surface area contributed by atoms with Gasteiger partial charge in [-0.15, -0.1) is 0 Å². The van der Waals surface area contributed by atoms with Crippen LogP contribution in [-0.4, -0.2) is 25.4 Å². The Morgan fingerprint density at radius 2 is 2.11 bits per heavy atom. The molecule has 0 radical (unpaired) electrons. The van der Waals surface area contributed by atoms with Gasteiger partial charge in [0.25, 0.3) is 0 Å². The van der Waals surface area contributed by atoms with Crippen molar-refractivity contribution in [1.82, 2.24) is 9.88 Å². The van der Waals surface area contributed by atoms with E-state index < -0.39 is 10.0 Å². The van der Waals surface area contributed by atoms with Crippen LogP contribution in [0.4, 0.5) is 0 Å². The van der Waals surface area contributed by atoms with Crippen molar-refractivity contribution in [3.05, 3.63) is 18.0 Å². The van der Waals surface area contributed by atoms with Crippen molar-refractivity contribution in [3.8, 4) is 0 Å². The molecule has 102 valence electrons. The van der Waals surface area contributed by atoms with Crippen LogP contribution in [0.1, 0.15) is 44.1 Å². The number of hydrogen-bond donors (Lipinski definition) is 1. The monoisotopic (exact) mass is 272 g/mol. The van der Waals surface area contributed by atoms with E-state index in [-0.39, 0.29) is 5.25 Å². The standard InChI is InChI=1S/C12H20N2O3S/c15-18(16,12-6-2-1-3-7-12)14-8-4-5-11-9-13-17-10-11/h9-10,12,14H,1-8H2. The van der Waals surface area contributed by atoms with Gasteiger partial charge in [0.2, 0.25) is 10.0 Å². The third kappa shape index (κ3) is 3.81. The number of nitrogens with zero attached hydrogens (tertiary/aromatic N) is 1. The van der Waals surface area contributed by atoms with Crippen molar-refractivity contribution in [2.24, 2.45) is 0 Å². The molecule has 0 bridgehead atoms. The molecule has 1 aromatic heterocycles. The summed E-state index contributed by atoms with van der Waals surface area (Å²) in [7, 11) is -3.11. The van der Waals surface area contributed by atoms with Gasteiger partial charge >= 0.3 is 0 Å². The summed E-state index contributed by atoms with van der Waals surface area (Å²) in [6.07, 6.45) is 9.66. The minimum absolute atomic E-state index is 0.179. The molecule has 1 aromatic rings. The summed E-state index contributed by atoms with van der Waals surface area (Å²) in [5, 5.41) is 3.43. The Bertz CT molecular complexity index is 436. The Hall–Kier alpha value is -0.880. The molecule has 0 amide bonds. The molecule has 0 unspecified atom stereocenters. The van der Waals surface area contributed by atoms with E-state index in [9.17, 15) is 8.42 Å². The quantitative estimate of drug-likeness (QED) is 0.802. The van der Waals surface area contributed by atoms with Gasteiger partial charge in [-0.1, -0.05) is 24.4 Å². The number of sulfonamides is 1. The molecule has 5 nitrogen and oxygen atoms in total. The molecule has 0 atom stereocenters. The van der Waals surface area contributed by atoms with E-state index in [4.69, 9.17) is 4.52 Å². The van der Waals surface area contributed by atoms with Crippen LogP contribution in [0.15, 0.2) is 17.0 Å². The van der Waals surface area contributed by atoms with Crippen molar-refractivity contribution in [3.63, 3.8) is 0 Å². The van der Waals surface area contributed by atoms with Crippen LogP contribution in [0.5, 0.6) is 0 Å². The highest BCUT2D eigenvalue weighted by Gasteiger charge is 2.26. The SMILES string of the molecule is O=S(=O)(NCCCc1cnoc1)C1CCCCC1. The van der Waals surface area contributed by atoms with Crippen LogP contribution in [0.2, 0.25) is 0 Å². The minimum Gasteiger partial charge on any atom is -0.364 e. The summed E-state index contributed by atoms with van der Waals surface area (Å²) >= 11 is 0. The molecular weight excluding hydrogens is 252 g/mol. The zero-order chi connectivity index (χ0) is 12.8. The van der Waals surface area contributed by atoms with E-state index in [1.54, 1.807) is 12.5 Å². The average molecular weight is 272 g/mol. The fourth-order valence-electron chi connectivity index (χ4n) is 2.35. The first-order chi connectivity index (χ1) is 8.68. The molecule has 0 aromatic carbocycles. The summed E-state index contributed by atoms with van der Waals surface area (Å²) < 4.78 is 31.4. The predicted octanol–water partition coefficient (Wildman–Crippen LogP) is 1.86. The van der Waals surface area contributed by atoms with Gasteiger partial charge < -0.3 is 4.52 Å². The maximum absolute atomic E-state index is 12.0. The Morgan fingerprint density at radius 1 is 1.33 bits per heavy atom. The lowest BCUT2D eigenvalue weighted by Gasteiger charge is -2.21. The van der Waals surface area contributed by atoms with E-state index in [2.05, 4.69) is 9.88 Å². The molecule has 0 aliphatic heterocycles. The lowest BCUT2D eigenvalue weighted by atomic mass is 10.0. The van der Waals surface area contributed by atoms with Gasteiger partial charge in [0.05, 0.1) is 11.4 Å². The van der Waals surface area contributed by atoms with Crippen molar-refractivity contribution in [1.29, 1.82) is 0 Å². The predicted molar refractivity (Wildman–Crippen MR) is 68.6 cm³/mol. The second-order valence-corrected chi connectivity index (χ2v) is 6.88. The molecule has 1 aliphatic rings. The lowest BCUT2D eigenvalue weighted by Crippen LogP contribution is -2.36. The smallest absolute Gasteiger partial charge is 0.214 e. The van der Waals surface area contributed by atoms with Gasteiger partial charge in [-0.25, -0.2) is 13.1 Å². The Balaban J connectivity index is 1.71. The van der Waals surface area contributed by atoms with E-state index in [1.807, 2.05) is 0 Å². The highest BCUT2D eigenvalue weighted by Crippen LogP contribution is 2.22. The van der Waals surface area contributed by atoms with Crippen LogP contribution in [0.3, 0.4) is 0 Å². The van der Waals surface area contributed by atoms with E-state index in [1.165, 1.54) is 6.42 Å². The molecule has 1 N–H and O–H groups in total. The fourth-order valence-corrected chi connectivity index (χ4v) is 3.97. The Labute approximate surface area is 108 Å². The van der Waals surface area contributed by atoms with Crippen LogP contribution in [0.25, 0.3) is 0 Å². The molecule has 1 heterocycles. The summed E-state index contributed by atoms with van der Waals surface area (Å²) in [6, 6.07) is 0. The highest BCUT2D eigenvalue weighted by atomic mass is 32.2. The number of nitrogens with one attached hydrogen (secondary N) is 1. The molecule has 1 aliphatic carbocycles. The highest BCUT2D eigenvalue weighted by molar-refractivity contribution is 7.90. The number of aryl methyl sites for hydroxylation is 1. The topological polar surface area (TPSA) is 72.2 Å². The first-order valence-corrected chi connectivity index (χ1v) is 8.10. The number of aromatic nitrogens is 1. The third-order valence-electron chi connectivity index (χ3n) is 3.42. The van der Waals surface area contributed by atoms with Crippen LogP contribution >= 0.6 is 0 Å². The second kappa shape index (κ2) is 6.33. The van der Waals surface area contributed by atoms with E-state index in [0.717, 1.165) is 44.1 Å². The number of rotatable bonds is 6. The number of hydrogen-bond acceptors (Lipinski definition) is 4. The average Bonchev–Trinajstić information content (AvgIpc) is 2.89. The largest absolute Gasteiger partial charge is 0.364 e. The Kier molecular flexibility index (Phi) is 4.77. The lowest BCUT2D eigenvalue weighted by molar-refractivity contribution is 0.418. The van der Waals surface area contributed by atoms with Crippen molar-refractivity contribution >= 4 is 10.0 Å². The first-order valence-electron chi connectivity index (χ1n) is 6.55. The van der Waals surface area contributed by atoms with Crippen LogP contribution in [-0.2, 0) is 16.4 Å². The van der Waals surface area contributed by atoms with E-state index in [0.29, 0.717) is 6.54 Å². The molecule has 18 heavy (non-hydrogen) atoms. The van der Waals surface area contributed by atoms with E-state index >= 15 is 0 Å². The van der Waals surface area contributed by atoms with Crippen LogP contribution in [0, 0.1) is 0 Å². The van der Waals surface area contributed by atoms with Gasteiger partial charge in [-0.2, -0.15) is 0 Å².